The minimum absolute atomic E-state index is 0.121. The van der Waals surface area contributed by atoms with Gasteiger partial charge < -0.3 is 10.1 Å². The third-order valence-corrected chi connectivity index (χ3v) is 3.82. The highest BCUT2D eigenvalue weighted by Gasteiger charge is 2.31. The standard InChI is InChI=1S/C13H22N4O3/c1-4-5-11-12(17(18)19)13(16(2)15-11)14-9-6-7-10(8-9)20-3/h9-10,14H,4-8H2,1-3H3. The number of anilines is 1. The monoisotopic (exact) mass is 282 g/mol. The molecule has 20 heavy (non-hydrogen) atoms. The van der Waals surface area contributed by atoms with Gasteiger partial charge in [-0.1, -0.05) is 13.3 Å². The van der Waals surface area contributed by atoms with Crippen LogP contribution in [-0.4, -0.2) is 34.0 Å². The number of hydrogen-bond donors (Lipinski definition) is 1. The Morgan fingerprint density at radius 3 is 2.85 bits per heavy atom. The molecule has 7 heteroatoms. The maximum Gasteiger partial charge on any atom is 0.333 e. The number of aromatic nitrogens is 2. The number of hydrogen-bond acceptors (Lipinski definition) is 5. The predicted molar refractivity (Wildman–Crippen MR) is 75.9 cm³/mol. The molecule has 0 aromatic carbocycles. The van der Waals surface area contributed by atoms with Crippen LogP contribution in [0.4, 0.5) is 11.5 Å². The molecule has 112 valence electrons. The molecular weight excluding hydrogens is 260 g/mol. The van der Waals surface area contributed by atoms with E-state index in [1.807, 2.05) is 6.92 Å². The first-order chi connectivity index (χ1) is 9.56. The van der Waals surface area contributed by atoms with Gasteiger partial charge in [0.2, 0.25) is 5.82 Å². The molecular formula is C13H22N4O3. The Morgan fingerprint density at radius 1 is 1.55 bits per heavy atom. The Kier molecular flexibility index (Phi) is 4.59. The van der Waals surface area contributed by atoms with Crippen molar-refractivity contribution < 1.29 is 9.66 Å². The van der Waals surface area contributed by atoms with Crippen LogP contribution in [0.1, 0.15) is 38.3 Å². The molecule has 1 fully saturated rings. The second-order valence-electron chi connectivity index (χ2n) is 5.29. The van der Waals surface area contributed by atoms with Crippen LogP contribution >= 0.6 is 0 Å². The Labute approximate surface area is 118 Å². The first kappa shape index (κ1) is 14.8. The van der Waals surface area contributed by atoms with E-state index in [1.54, 1.807) is 18.8 Å². The third kappa shape index (κ3) is 2.92. The second-order valence-corrected chi connectivity index (χ2v) is 5.29. The summed E-state index contributed by atoms with van der Waals surface area (Å²) in [6.07, 6.45) is 4.53. The molecule has 1 heterocycles. The zero-order chi connectivity index (χ0) is 14.7. The molecule has 1 aliphatic rings. The lowest BCUT2D eigenvalue weighted by atomic mass is 10.2. The molecule has 0 saturated heterocycles. The van der Waals surface area contributed by atoms with Crippen molar-refractivity contribution in [1.82, 2.24) is 9.78 Å². The van der Waals surface area contributed by atoms with Crippen LogP contribution < -0.4 is 5.32 Å². The van der Waals surface area contributed by atoms with E-state index in [9.17, 15) is 10.1 Å². The number of nitrogens with zero attached hydrogens (tertiary/aromatic N) is 3. The summed E-state index contributed by atoms with van der Waals surface area (Å²) < 4.78 is 6.92. The van der Waals surface area contributed by atoms with E-state index < -0.39 is 0 Å². The third-order valence-electron chi connectivity index (χ3n) is 3.82. The first-order valence-corrected chi connectivity index (χ1v) is 7.06. The highest BCUT2D eigenvalue weighted by atomic mass is 16.6. The highest BCUT2D eigenvalue weighted by Crippen LogP contribution is 2.32. The summed E-state index contributed by atoms with van der Waals surface area (Å²) in [6.45, 7) is 1.99. The molecule has 0 radical (unpaired) electrons. The van der Waals surface area contributed by atoms with Gasteiger partial charge in [0.15, 0.2) is 0 Å². The summed E-state index contributed by atoms with van der Waals surface area (Å²) in [6, 6.07) is 0.212. The lowest BCUT2D eigenvalue weighted by molar-refractivity contribution is -0.384. The van der Waals surface area contributed by atoms with Crippen LogP contribution in [0.5, 0.6) is 0 Å². The van der Waals surface area contributed by atoms with E-state index in [-0.39, 0.29) is 22.8 Å². The maximum absolute atomic E-state index is 11.3. The quantitative estimate of drug-likeness (QED) is 0.639. The summed E-state index contributed by atoms with van der Waals surface area (Å²) >= 11 is 0. The molecule has 0 aliphatic heterocycles. The van der Waals surface area contributed by atoms with Gasteiger partial charge in [0.1, 0.15) is 5.69 Å². The molecule has 2 unspecified atom stereocenters. The number of rotatable bonds is 6. The average molecular weight is 282 g/mol. The molecule has 2 atom stereocenters. The van der Waals surface area contributed by atoms with Gasteiger partial charge in [0, 0.05) is 20.2 Å². The summed E-state index contributed by atoms with van der Waals surface area (Å²) in [7, 11) is 3.45. The van der Waals surface area contributed by atoms with Crippen molar-refractivity contribution in [3.05, 3.63) is 15.8 Å². The average Bonchev–Trinajstić information content (AvgIpc) is 2.96. The first-order valence-electron chi connectivity index (χ1n) is 7.06. The fourth-order valence-corrected chi connectivity index (χ4v) is 2.81. The van der Waals surface area contributed by atoms with E-state index in [0.717, 1.165) is 25.7 Å². The van der Waals surface area contributed by atoms with Crippen molar-refractivity contribution >= 4 is 11.5 Å². The Morgan fingerprint density at radius 2 is 2.30 bits per heavy atom. The molecule has 1 aromatic heterocycles. The normalized spacial score (nSPS) is 22.1. The minimum atomic E-state index is -0.330. The largest absolute Gasteiger partial charge is 0.381 e. The van der Waals surface area contributed by atoms with Crippen molar-refractivity contribution in [2.75, 3.05) is 12.4 Å². The van der Waals surface area contributed by atoms with Gasteiger partial charge in [-0.15, -0.1) is 0 Å². The fourth-order valence-electron chi connectivity index (χ4n) is 2.81. The molecule has 1 saturated carbocycles. The SMILES string of the molecule is CCCc1nn(C)c(NC2CCC(OC)C2)c1[N+](=O)[O-]. The summed E-state index contributed by atoms with van der Waals surface area (Å²) in [4.78, 5) is 11.0. The summed E-state index contributed by atoms with van der Waals surface area (Å²) in [5.74, 6) is 0.514. The van der Waals surface area contributed by atoms with Crippen LogP contribution in [0.2, 0.25) is 0 Å². The molecule has 0 amide bonds. The van der Waals surface area contributed by atoms with E-state index >= 15 is 0 Å². The van der Waals surface area contributed by atoms with Crippen LogP contribution in [-0.2, 0) is 18.2 Å². The van der Waals surface area contributed by atoms with E-state index in [0.29, 0.717) is 17.9 Å². The lowest BCUT2D eigenvalue weighted by Gasteiger charge is -2.13. The zero-order valence-electron chi connectivity index (χ0n) is 12.3. The maximum atomic E-state index is 11.3. The van der Waals surface area contributed by atoms with E-state index in [4.69, 9.17) is 4.74 Å². The molecule has 1 N–H and O–H groups in total. The van der Waals surface area contributed by atoms with Gasteiger partial charge in [-0.25, -0.2) is 4.68 Å². The highest BCUT2D eigenvalue weighted by molar-refractivity contribution is 5.60. The number of methoxy groups -OCH3 is 1. The van der Waals surface area contributed by atoms with E-state index in [1.165, 1.54) is 0 Å². The Balaban J connectivity index is 2.20. The van der Waals surface area contributed by atoms with Gasteiger partial charge in [-0.2, -0.15) is 5.10 Å². The molecule has 1 aliphatic carbocycles. The van der Waals surface area contributed by atoms with Crippen molar-refractivity contribution in [1.29, 1.82) is 0 Å². The van der Waals surface area contributed by atoms with Crippen molar-refractivity contribution in [3.63, 3.8) is 0 Å². The molecule has 0 spiro atoms. The van der Waals surface area contributed by atoms with Gasteiger partial charge >= 0.3 is 5.69 Å². The molecule has 7 nitrogen and oxygen atoms in total. The topological polar surface area (TPSA) is 82.2 Å². The second kappa shape index (κ2) is 6.21. The summed E-state index contributed by atoms with van der Waals surface area (Å²) in [5, 5.41) is 18.9. The van der Waals surface area contributed by atoms with Crippen LogP contribution in [0.3, 0.4) is 0 Å². The molecule has 0 bridgehead atoms. The number of nitro groups is 1. The minimum Gasteiger partial charge on any atom is -0.381 e. The van der Waals surface area contributed by atoms with Crippen LogP contribution in [0.25, 0.3) is 0 Å². The molecule has 1 aromatic rings. The van der Waals surface area contributed by atoms with Gasteiger partial charge in [0.25, 0.3) is 0 Å². The number of nitrogens with one attached hydrogen (secondary N) is 1. The number of ether oxygens (including phenoxy) is 1. The molecule has 2 rings (SSSR count). The van der Waals surface area contributed by atoms with E-state index in [2.05, 4.69) is 10.4 Å². The number of aryl methyl sites for hydroxylation is 2. The van der Waals surface area contributed by atoms with Gasteiger partial charge in [-0.3, -0.25) is 10.1 Å². The zero-order valence-corrected chi connectivity index (χ0v) is 12.3. The van der Waals surface area contributed by atoms with Crippen molar-refractivity contribution in [3.8, 4) is 0 Å². The van der Waals surface area contributed by atoms with Gasteiger partial charge in [0.05, 0.1) is 11.0 Å². The fraction of sp³-hybridized carbons (Fsp3) is 0.769. The summed E-state index contributed by atoms with van der Waals surface area (Å²) in [5.41, 5.74) is 0.680. The lowest BCUT2D eigenvalue weighted by Crippen LogP contribution is -2.19. The predicted octanol–water partition coefficient (Wildman–Crippen LogP) is 2.26. The van der Waals surface area contributed by atoms with Crippen molar-refractivity contribution in [2.24, 2.45) is 7.05 Å². The Hall–Kier alpha value is -1.63. The van der Waals surface area contributed by atoms with Gasteiger partial charge in [-0.05, 0) is 25.7 Å². The van der Waals surface area contributed by atoms with Crippen LogP contribution in [0, 0.1) is 10.1 Å². The smallest absolute Gasteiger partial charge is 0.333 e. The van der Waals surface area contributed by atoms with Crippen LogP contribution in [0.15, 0.2) is 0 Å². The van der Waals surface area contributed by atoms with Crippen molar-refractivity contribution in [2.45, 2.75) is 51.2 Å². The Bertz CT molecular complexity index is 486.